The first-order valence-corrected chi connectivity index (χ1v) is 7.55. The first kappa shape index (κ1) is 13.8. The van der Waals surface area contributed by atoms with Gasteiger partial charge in [0.15, 0.2) is 0 Å². The number of hydrogen-bond acceptors (Lipinski definition) is 6. The Morgan fingerprint density at radius 2 is 1.85 bits per heavy atom. The summed E-state index contributed by atoms with van der Waals surface area (Å²) in [6.07, 6.45) is 4.24. The molecule has 0 aliphatic carbocycles. The number of nitrogens with one attached hydrogen (secondary N) is 1. The van der Waals surface area contributed by atoms with Crippen LogP contribution in [0.15, 0.2) is 0 Å². The number of ether oxygens (including phenoxy) is 1. The Bertz CT molecular complexity index is 472. The monoisotopic (exact) mass is 297 g/mol. The number of halogens is 1. The summed E-state index contributed by atoms with van der Waals surface area (Å²) in [6.45, 7) is 5.68. The van der Waals surface area contributed by atoms with Gasteiger partial charge >= 0.3 is 0 Å². The highest BCUT2D eigenvalue weighted by Gasteiger charge is 2.28. The van der Waals surface area contributed by atoms with Gasteiger partial charge in [-0.2, -0.15) is 15.0 Å². The van der Waals surface area contributed by atoms with Crippen molar-refractivity contribution in [1.29, 1.82) is 0 Å². The summed E-state index contributed by atoms with van der Waals surface area (Å²) >= 11 is 6.04. The molecule has 2 saturated heterocycles. The summed E-state index contributed by atoms with van der Waals surface area (Å²) < 4.78 is 5.40. The van der Waals surface area contributed by atoms with Crippen LogP contribution < -0.4 is 10.2 Å². The number of nitrogens with zero attached hydrogens (tertiary/aromatic N) is 4. The molecule has 0 radical (unpaired) electrons. The minimum atomic E-state index is -0.0365. The van der Waals surface area contributed by atoms with Crippen LogP contribution in [0, 0.1) is 0 Å². The van der Waals surface area contributed by atoms with Crippen LogP contribution in [0.2, 0.25) is 5.28 Å². The average Bonchev–Trinajstić information content (AvgIpc) is 2.92. The fourth-order valence-electron chi connectivity index (χ4n) is 2.67. The van der Waals surface area contributed by atoms with Crippen molar-refractivity contribution in [2.75, 3.05) is 36.5 Å². The standard InChI is InChI=1S/C13H20ClN5O/c1-13(4-8-20-9-5-13)18-11-15-10(14)16-12(17-11)19-6-2-3-7-19/h2-9H2,1H3,(H,15,16,17,18). The largest absolute Gasteiger partial charge is 0.381 e. The second-order valence-corrected chi connectivity index (χ2v) is 6.06. The number of aromatic nitrogens is 3. The molecule has 7 heteroatoms. The summed E-state index contributed by atoms with van der Waals surface area (Å²) in [5, 5.41) is 3.66. The van der Waals surface area contributed by atoms with Crippen LogP contribution in [0.5, 0.6) is 0 Å². The zero-order valence-corrected chi connectivity index (χ0v) is 12.5. The van der Waals surface area contributed by atoms with E-state index in [-0.39, 0.29) is 10.8 Å². The predicted molar refractivity (Wildman–Crippen MR) is 78.4 cm³/mol. The Morgan fingerprint density at radius 3 is 2.55 bits per heavy atom. The molecule has 2 aliphatic rings. The number of rotatable bonds is 3. The summed E-state index contributed by atoms with van der Waals surface area (Å²) in [5.41, 5.74) is -0.0365. The lowest BCUT2D eigenvalue weighted by Crippen LogP contribution is -2.41. The zero-order valence-electron chi connectivity index (χ0n) is 11.7. The molecule has 0 unspecified atom stereocenters. The van der Waals surface area contributed by atoms with E-state index in [1.54, 1.807) is 0 Å². The molecule has 0 amide bonds. The zero-order chi connectivity index (χ0) is 14.0. The summed E-state index contributed by atoms with van der Waals surface area (Å²) in [6, 6.07) is 0. The van der Waals surface area contributed by atoms with Crippen LogP contribution in [0.3, 0.4) is 0 Å². The molecular formula is C13H20ClN5O. The van der Waals surface area contributed by atoms with E-state index in [0.717, 1.165) is 39.1 Å². The third kappa shape index (κ3) is 3.12. The van der Waals surface area contributed by atoms with Gasteiger partial charge in [0.2, 0.25) is 17.2 Å². The third-order valence-corrected chi connectivity index (χ3v) is 4.16. The normalized spacial score (nSPS) is 22.0. The van der Waals surface area contributed by atoms with Gasteiger partial charge in [0.25, 0.3) is 0 Å². The maximum Gasteiger partial charge on any atom is 0.231 e. The first-order valence-electron chi connectivity index (χ1n) is 7.17. The molecule has 1 aromatic heterocycles. The molecule has 0 bridgehead atoms. The van der Waals surface area contributed by atoms with E-state index in [0.29, 0.717) is 11.9 Å². The van der Waals surface area contributed by atoms with Crippen molar-refractivity contribution in [2.45, 2.75) is 38.1 Å². The van der Waals surface area contributed by atoms with Crippen LogP contribution in [0.1, 0.15) is 32.6 Å². The Hall–Kier alpha value is -1.14. The molecule has 0 saturated carbocycles. The first-order chi connectivity index (χ1) is 9.65. The van der Waals surface area contributed by atoms with Crippen molar-refractivity contribution in [3.8, 4) is 0 Å². The van der Waals surface area contributed by atoms with Gasteiger partial charge in [-0.15, -0.1) is 0 Å². The lowest BCUT2D eigenvalue weighted by Gasteiger charge is -2.34. The van der Waals surface area contributed by atoms with Crippen LogP contribution in [-0.4, -0.2) is 46.8 Å². The van der Waals surface area contributed by atoms with E-state index < -0.39 is 0 Å². The van der Waals surface area contributed by atoms with E-state index in [1.165, 1.54) is 12.8 Å². The molecule has 3 heterocycles. The molecule has 0 atom stereocenters. The van der Waals surface area contributed by atoms with Crippen molar-refractivity contribution in [3.63, 3.8) is 0 Å². The minimum absolute atomic E-state index is 0.0365. The summed E-state index contributed by atoms with van der Waals surface area (Å²) in [7, 11) is 0. The third-order valence-electron chi connectivity index (χ3n) is 4.00. The van der Waals surface area contributed by atoms with Gasteiger partial charge in [-0.05, 0) is 44.2 Å². The molecule has 1 aromatic rings. The van der Waals surface area contributed by atoms with Crippen LogP contribution in [0.4, 0.5) is 11.9 Å². The van der Waals surface area contributed by atoms with E-state index in [1.807, 2.05) is 0 Å². The molecule has 2 fully saturated rings. The molecular weight excluding hydrogens is 278 g/mol. The maximum atomic E-state index is 6.04. The molecule has 3 rings (SSSR count). The van der Waals surface area contributed by atoms with Gasteiger partial charge in [-0.25, -0.2) is 0 Å². The van der Waals surface area contributed by atoms with Gasteiger partial charge in [-0.3, -0.25) is 0 Å². The van der Waals surface area contributed by atoms with Crippen molar-refractivity contribution in [2.24, 2.45) is 0 Å². The molecule has 20 heavy (non-hydrogen) atoms. The van der Waals surface area contributed by atoms with Crippen molar-refractivity contribution < 1.29 is 4.74 Å². The van der Waals surface area contributed by atoms with Gasteiger partial charge in [0.1, 0.15) is 0 Å². The number of anilines is 2. The SMILES string of the molecule is CC1(Nc2nc(Cl)nc(N3CCCC3)n2)CCOCC1. The second-order valence-electron chi connectivity index (χ2n) is 5.72. The minimum Gasteiger partial charge on any atom is -0.381 e. The highest BCUT2D eigenvalue weighted by atomic mass is 35.5. The van der Waals surface area contributed by atoms with E-state index in [9.17, 15) is 0 Å². The Kier molecular flexibility index (Phi) is 3.94. The second kappa shape index (κ2) is 5.69. The van der Waals surface area contributed by atoms with E-state index in [2.05, 4.69) is 32.1 Å². The lowest BCUT2D eigenvalue weighted by molar-refractivity contribution is 0.0656. The maximum absolute atomic E-state index is 6.04. The topological polar surface area (TPSA) is 63.2 Å². The highest BCUT2D eigenvalue weighted by Crippen LogP contribution is 2.25. The fraction of sp³-hybridized carbons (Fsp3) is 0.769. The van der Waals surface area contributed by atoms with Crippen LogP contribution in [-0.2, 0) is 4.74 Å². The van der Waals surface area contributed by atoms with E-state index >= 15 is 0 Å². The average molecular weight is 298 g/mol. The molecule has 2 aliphatic heterocycles. The van der Waals surface area contributed by atoms with Crippen LogP contribution >= 0.6 is 11.6 Å². The smallest absolute Gasteiger partial charge is 0.231 e. The van der Waals surface area contributed by atoms with Gasteiger partial charge < -0.3 is 15.0 Å². The summed E-state index contributed by atoms with van der Waals surface area (Å²) in [5.74, 6) is 1.25. The molecule has 6 nitrogen and oxygen atoms in total. The number of hydrogen-bond donors (Lipinski definition) is 1. The van der Waals surface area contributed by atoms with Crippen LogP contribution in [0.25, 0.3) is 0 Å². The highest BCUT2D eigenvalue weighted by molar-refractivity contribution is 6.28. The Labute approximate surface area is 123 Å². The molecule has 110 valence electrons. The van der Waals surface area contributed by atoms with E-state index in [4.69, 9.17) is 16.3 Å². The molecule has 0 aromatic carbocycles. The van der Waals surface area contributed by atoms with Crippen molar-refractivity contribution >= 4 is 23.5 Å². The summed E-state index contributed by atoms with van der Waals surface area (Å²) in [4.78, 5) is 15.1. The van der Waals surface area contributed by atoms with Gasteiger partial charge in [0.05, 0.1) is 0 Å². The van der Waals surface area contributed by atoms with Crippen molar-refractivity contribution in [3.05, 3.63) is 5.28 Å². The van der Waals surface area contributed by atoms with Crippen molar-refractivity contribution in [1.82, 2.24) is 15.0 Å². The van der Waals surface area contributed by atoms with Gasteiger partial charge in [-0.1, -0.05) is 0 Å². The molecule has 0 spiro atoms. The fourth-order valence-corrected chi connectivity index (χ4v) is 2.83. The molecule has 1 N–H and O–H groups in total. The van der Waals surface area contributed by atoms with Gasteiger partial charge in [0, 0.05) is 31.8 Å². The predicted octanol–water partition coefficient (Wildman–Crippen LogP) is 2.11. The Balaban J connectivity index is 1.78. The Morgan fingerprint density at radius 1 is 1.15 bits per heavy atom. The lowest BCUT2D eigenvalue weighted by atomic mass is 9.93. The quantitative estimate of drug-likeness (QED) is 0.922.